The number of anilines is 1. The first-order valence-electron chi connectivity index (χ1n) is 8.85. The molecular formula is C21H24FN3S. The molecule has 0 saturated carbocycles. The minimum atomic E-state index is -0.179. The Morgan fingerprint density at radius 1 is 1.00 bits per heavy atom. The summed E-state index contributed by atoms with van der Waals surface area (Å²) in [5, 5.41) is 0.489. The molecule has 0 spiro atoms. The molecule has 1 atom stereocenters. The van der Waals surface area contributed by atoms with Crippen LogP contribution in [0.5, 0.6) is 0 Å². The highest BCUT2D eigenvalue weighted by molar-refractivity contribution is 7.99. The average molecular weight is 370 g/mol. The molecule has 1 unspecified atom stereocenters. The summed E-state index contributed by atoms with van der Waals surface area (Å²) in [5.74, 6) is 0.883. The summed E-state index contributed by atoms with van der Waals surface area (Å²) in [6.45, 7) is 0.938. The average Bonchev–Trinajstić information content (AvgIpc) is 3.15. The van der Waals surface area contributed by atoms with Crippen molar-refractivity contribution in [2.24, 2.45) is 0 Å². The van der Waals surface area contributed by atoms with Crippen molar-refractivity contribution in [3.05, 3.63) is 84.2 Å². The third-order valence-corrected chi connectivity index (χ3v) is 5.66. The van der Waals surface area contributed by atoms with Crippen molar-refractivity contribution < 1.29 is 4.39 Å². The third-order valence-electron chi connectivity index (χ3n) is 4.37. The van der Waals surface area contributed by atoms with E-state index < -0.39 is 0 Å². The van der Waals surface area contributed by atoms with Crippen LogP contribution >= 0.6 is 11.8 Å². The lowest BCUT2D eigenvalue weighted by atomic mass is 10.1. The van der Waals surface area contributed by atoms with E-state index in [2.05, 4.69) is 21.7 Å². The molecule has 0 amide bonds. The topological polar surface area (TPSA) is 43.8 Å². The Bertz CT molecular complexity index is 770. The molecule has 1 aromatic heterocycles. The number of nitrogen functional groups attached to an aromatic ring is 1. The van der Waals surface area contributed by atoms with E-state index in [0.717, 1.165) is 37.2 Å². The number of nitrogens with two attached hydrogens (primary N) is 1. The van der Waals surface area contributed by atoms with E-state index in [4.69, 9.17) is 5.73 Å². The van der Waals surface area contributed by atoms with Gasteiger partial charge >= 0.3 is 0 Å². The van der Waals surface area contributed by atoms with Crippen LogP contribution in [0.1, 0.15) is 17.5 Å². The van der Waals surface area contributed by atoms with Crippen LogP contribution in [0, 0.1) is 5.82 Å². The quantitative estimate of drug-likeness (QED) is 0.561. The standard InChI is InChI=1S/C21H24FN3S/c22-19-6-1-17(2-7-19)5-10-21(15-25-13-12-24-16-25)26-14-11-18-3-8-20(23)9-4-18/h1-4,6-9,12-13,16,21H,5,10-11,14-15,23H2. The van der Waals surface area contributed by atoms with E-state index in [0.29, 0.717) is 5.25 Å². The van der Waals surface area contributed by atoms with Gasteiger partial charge in [0.25, 0.3) is 0 Å². The third kappa shape index (κ3) is 5.92. The van der Waals surface area contributed by atoms with Crippen molar-refractivity contribution in [3.8, 4) is 0 Å². The minimum Gasteiger partial charge on any atom is -0.399 e. The summed E-state index contributed by atoms with van der Waals surface area (Å²) in [6, 6.07) is 14.9. The minimum absolute atomic E-state index is 0.179. The molecule has 3 nitrogen and oxygen atoms in total. The first-order chi connectivity index (χ1) is 12.7. The molecule has 2 N–H and O–H groups in total. The van der Waals surface area contributed by atoms with Crippen LogP contribution < -0.4 is 5.73 Å². The van der Waals surface area contributed by atoms with Gasteiger partial charge in [-0.15, -0.1) is 0 Å². The maximum atomic E-state index is 13.1. The summed E-state index contributed by atoms with van der Waals surface area (Å²) in [6.07, 6.45) is 8.72. The fourth-order valence-electron chi connectivity index (χ4n) is 2.86. The van der Waals surface area contributed by atoms with Gasteiger partial charge in [-0.1, -0.05) is 24.3 Å². The molecule has 5 heteroatoms. The zero-order valence-electron chi connectivity index (χ0n) is 14.7. The van der Waals surface area contributed by atoms with E-state index in [1.807, 2.05) is 54.7 Å². The fourth-order valence-corrected chi connectivity index (χ4v) is 4.11. The number of hydrogen-bond donors (Lipinski definition) is 1. The molecule has 0 radical (unpaired) electrons. The van der Waals surface area contributed by atoms with Gasteiger partial charge in [0.15, 0.2) is 0 Å². The van der Waals surface area contributed by atoms with Crippen LogP contribution in [0.4, 0.5) is 10.1 Å². The van der Waals surface area contributed by atoms with Crippen LogP contribution in [-0.2, 0) is 19.4 Å². The monoisotopic (exact) mass is 369 g/mol. The predicted octanol–water partition coefficient (Wildman–Crippen LogP) is 4.58. The number of aryl methyl sites for hydroxylation is 2. The maximum absolute atomic E-state index is 13.1. The molecule has 0 saturated heterocycles. The second-order valence-electron chi connectivity index (χ2n) is 6.41. The number of halogens is 1. The number of imidazole rings is 1. The van der Waals surface area contributed by atoms with Gasteiger partial charge < -0.3 is 10.3 Å². The Kier molecular flexibility index (Phi) is 6.72. The van der Waals surface area contributed by atoms with Gasteiger partial charge in [-0.25, -0.2) is 9.37 Å². The van der Waals surface area contributed by atoms with Crippen molar-refractivity contribution in [2.75, 3.05) is 11.5 Å². The Morgan fingerprint density at radius 2 is 1.69 bits per heavy atom. The predicted molar refractivity (Wildman–Crippen MR) is 108 cm³/mol. The number of aromatic nitrogens is 2. The molecule has 2 aromatic carbocycles. The normalized spacial score (nSPS) is 12.2. The largest absolute Gasteiger partial charge is 0.399 e. The molecule has 0 aliphatic heterocycles. The summed E-state index contributed by atoms with van der Waals surface area (Å²) < 4.78 is 15.2. The fraction of sp³-hybridized carbons (Fsp3) is 0.286. The van der Waals surface area contributed by atoms with Gasteiger partial charge in [0.2, 0.25) is 0 Å². The molecule has 3 rings (SSSR count). The van der Waals surface area contributed by atoms with E-state index in [9.17, 15) is 4.39 Å². The summed E-state index contributed by atoms with van der Waals surface area (Å²) in [5.41, 5.74) is 9.04. The van der Waals surface area contributed by atoms with Gasteiger partial charge in [0.05, 0.1) is 6.33 Å². The Labute approximate surface area is 158 Å². The Morgan fingerprint density at radius 3 is 2.38 bits per heavy atom. The molecule has 136 valence electrons. The van der Waals surface area contributed by atoms with E-state index in [1.165, 1.54) is 23.3 Å². The van der Waals surface area contributed by atoms with Crippen LogP contribution in [0.25, 0.3) is 0 Å². The molecule has 0 aliphatic rings. The summed E-state index contributed by atoms with van der Waals surface area (Å²) >= 11 is 1.99. The van der Waals surface area contributed by atoms with Gasteiger partial charge in [-0.3, -0.25) is 0 Å². The lowest BCUT2D eigenvalue weighted by Crippen LogP contribution is -2.14. The summed E-state index contributed by atoms with van der Waals surface area (Å²) in [4.78, 5) is 4.14. The summed E-state index contributed by atoms with van der Waals surface area (Å²) in [7, 11) is 0. The van der Waals surface area contributed by atoms with Crippen molar-refractivity contribution in [2.45, 2.75) is 31.1 Å². The highest BCUT2D eigenvalue weighted by Crippen LogP contribution is 2.21. The second-order valence-corrected chi connectivity index (χ2v) is 7.82. The highest BCUT2D eigenvalue weighted by atomic mass is 32.2. The van der Waals surface area contributed by atoms with Gasteiger partial charge in [-0.2, -0.15) is 11.8 Å². The van der Waals surface area contributed by atoms with Crippen molar-refractivity contribution in [3.63, 3.8) is 0 Å². The first-order valence-corrected chi connectivity index (χ1v) is 9.90. The Hall–Kier alpha value is -2.27. The lowest BCUT2D eigenvalue weighted by molar-refractivity contribution is 0.618. The zero-order chi connectivity index (χ0) is 18.2. The van der Waals surface area contributed by atoms with E-state index in [1.54, 1.807) is 0 Å². The van der Waals surface area contributed by atoms with Crippen LogP contribution in [0.3, 0.4) is 0 Å². The number of benzene rings is 2. The smallest absolute Gasteiger partial charge is 0.123 e. The van der Waals surface area contributed by atoms with Crippen LogP contribution in [0.2, 0.25) is 0 Å². The van der Waals surface area contributed by atoms with Gasteiger partial charge in [-0.05, 0) is 60.4 Å². The number of nitrogens with zero attached hydrogens (tertiary/aromatic N) is 2. The molecule has 26 heavy (non-hydrogen) atoms. The van der Waals surface area contributed by atoms with Crippen LogP contribution in [0.15, 0.2) is 67.3 Å². The molecule has 0 aliphatic carbocycles. The van der Waals surface area contributed by atoms with Crippen molar-refractivity contribution >= 4 is 17.4 Å². The zero-order valence-corrected chi connectivity index (χ0v) is 15.5. The maximum Gasteiger partial charge on any atom is 0.123 e. The molecular weight excluding hydrogens is 345 g/mol. The van der Waals surface area contributed by atoms with Crippen molar-refractivity contribution in [1.29, 1.82) is 0 Å². The molecule has 0 bridgehead atoms. The van der Waals surface area contributed by atoms with Crippen LogP contribution in [-0.4, -0.2) is 20.6 Å². The first kappa shape index (κ1) is 18.5. The number of rotatable bonds is 9. The van der Waals surface area contributed by atoms with E-state index in [-0.39, 0.29) is 5.82 Å². The molecule has 0 fully saturated rings. The number of thioether (sulfide) groups is 1. The number of hydrogen-bond acceptors (Lipinski definition) is 3. The highest BCUT2D eigenvalue weighted by Gasteiger charge is 2.11. The van der Waals surface area contributed by atoms with Crippen molar-refractivity contribution in [1.82, 2.24) is 9.55 Å². The molecule has 3 aromatic rings. The SMILES string of the molecule is Nc1ccc(CCSC(CCc2ccc(F)cc2)Cn2ccnc2)cc1. The second kappa shape index (κ2) is 9.43. The lowest BCUT2D eigenvalue weighted by Gasteiger charge is -2.17. The molecule has 1 heterocycles. The van der Waals surface area contributed by atoms with Gasteiger partial charge in [0, 0.05) is 29.9 Å². The Balaban J connectivity index is 1.53. The van der Waals surface area contributed by atoms with E-state index >= 15 is 0 Å². The van der Waals surface area contributed by atoms with Gasteiger partial charge in [0.1, 0.15) is 5.82 Å².